The second-order valence-corrected chi connectivity index (χ2v) is 8.91. The molecule has 110 valence electrons. The largest absolute Gasteiger partial charge is 0.379 e. The van der Waals surface area contributed by atoms with Crippen LogP contribution in [0.1, 0.15) is 32.3 Å². The SMILES string of the molecule is Cc1cc(S(=O)(=O)NCCCCOC(C)C)sc1Br. The normalized spacial score (nSPS) is 12.3. The van der Waals surface area contributed by atoms with E-state index in [1.54, 1.807) is 6.07 Å². The first-order valence-corrected chi connectivity index (χ1v) is 9.29. The van der Waals surface area contributed by atoms with Gasteiger partial charge in [0, 0.05) is 13.2 Å². The summed E-state index contributed by atoms with van der Waals surface area (Å²) in [7, 11) is -3.37. The highest BCUT2D eigenvalue weighted by Crippen LogP contribution is 2.30. The molecule has 0 aliphatic rings. The van der Waals surface area contributed by atoms with Crippen LogP contribution in [0.2, 0.25) is 0 Å². The summed E-state index contributed by atoms with van der Waals surface area (Å²) in [5, 5.41) is 0. The smallest absolute Gasteiger partial charge is 0.250 e. The van der Waals surface area contributed by atoms with Crippen molar-refractivity contribution in [2.45, 2.75) is 43.9 Å². The molecule has 0 saturated carbocycles. The molecule has 0 fully saturated rings. The number of sulfonamides is 1. The van der Waals surface area contributed by atoms with Gasteiger partial charge in [-0.2, -0.15) is 0 Å². The second-order valence-electron chi connectivity index (χ2n) is 4.55. The summed E-state index contributed by atoms with van der Waals surface area (Å²) in [5.41, 5.74) is 0.940. The van der Waals surface area contributed by atoms with E-state index in [9.17, 15) is 8.42 Å². The van der Waals surface area contributed by atoms with Crippen LogP contribution in [0.5, 0.6) is 0 Å². The Morgan fingerprint density at radius 1 is 1.42 bits per heavy atom. The van der Waals surface area contributed by atoms with Crippen molar-refractivity contribution in [3.8, 4) is 0 Å². The predicted molar refractivity (Wildman–Crippen MR) is 82.3 cm³/mol. The van der Waals surface area contributed by atoms with Gasteiger partial charge >= 0.3 is 0 Å². The first kappa shape index (κ1) is 17.1. The molecule has 4 nitrogen and oxygen atoms in total. The Labute approximate surface area is 127 Å². The van der Waals surface area contributed by atoms with Gasteiger partial charge < -0.3 is 4.74 Å². The first-order chi connectivity index (χ1) is 8.83. The van der Waals surface area contributed by atoms with E-state index in [0.29, 0.717) is 17.4 Å². The lowest BCUT2D eigenvalue weighted by atomic mass is 10.3. The van der Waals surface area contributed by atoms with Crippen LogP contribution in [0.25, 0.3) is 0 Å². The summed E-state index contributed by atoms with van der Waals surface area (Å²) < 4.78 is 33.2. The quantitative estimate of drug-likeness (QED) is 0.715. The molecule has 1 rings (SSSR count). The molecule has 0 aromatic carbocycles. The van der Waals surface area contributed by atoms with Gasteiger partial charge in [0.05, 0.1) is 9.89 Å². The summed E-state index contributed by atoms with van der Waals surface area (Å²) in [6.07, 6.45) is 1.86. The topological polar surface area (TPSA) is 55.4 Å². The zero-order valence-electron chi connectivity index (χ0n) is 11.4. The molecule has 7 heteroatoms. The molecule has 0 amide bonds. The first-order valence-electron chi connectivity index (χ1n) is 6.20. The van der Waals surface area contributed by atoms with Crippen molar-refractivity contribution in [2.75, 3.05) is 13.2 Å². The molecule has 0 bridgehead atoms. The maximum absolute atomic E-state index is 12.0. The van der Waals surface area contributed by atoms with Crippen molar-refractivity contribution < 1.29 is 13.2 Å². The molecule has 0 unspecified atom stereocenters. The van der Waals surface area contributed by atoms with Gasteiger partial charge in [-0.3, -0.25) is 0 Å². The van der Waals surface area contributed by atoms with Crippen molar-refractivity contribution in [2.24, 2.45) is 0 Å². The average Bonchev–Trinajstić information content (AvgIpc) is 2.64. The Morgan fingerprint density at radius 3 is 2.63 bits per heavy atom. The Bertz CT molecular complexity index is 478. The lowest BCUT2D eigenvalue weighted by Crippen LogP contribution is -2.24. The fourth-order valence-corrected chi connectivity index (χ4v) is 4.73. The number of ether oxygens (including phenoxy) is 1. The van der Waals surface area contributed by atoms with E-state index in [4.69, 9.17) is 4.74 Å². The molecule has 0 atom stereocenters. The highest BCUT2D eigenvalue weighted by atomic mass is 79.9. The van der Waals surface area contributed by atoms with Crippen LogP contribution >= 0.6 is 27.3 Å². The summed E-state index contributed by atoms with van der Waals surface area (Å²) >= 11 is 4.57. The van der Waals surface area contributed by atoms with Crippen molar-refractivity contribution >= 4 is 37.3 Å². The number of rotatable bonds is 8. The van der Waals surface area contributed by atoms with E-state index >= 15 is 0 Å². The lowest BCUT2D eigenvalue weighted by Gasteiger charge is -2.07. The van der Waals surface area contributed by atoms with E-state index < -0.39 is 10.0 Å². The maximum Gasteiger partial charge on any atom is 0.250 e. The van der Waals surface area contributed by atoms with Gasteiger partial charge in [-0.05, 0) is 61.2 Å². The van der Waals surface area contributed by atoms with Crippen molar-refractivity contribution in [3.63, 3.8) is 0 Å². The van der Waals surface area contributed by atoms with Gasteiger partial charge in [-0.15, -0.1) is 11.3 Å². The zero-order chi connectivity index (χ0) is 14.5. The number of hydrogen-bond acceptors (Lipinski definition) is 4. The highest BCUT2D eigenvalue weighted by Gasteiger charge is 2.17. The average molecular weight is 370 g/mol. The van der Waals surface area contributed by atoms with Crippen LogP contribution in [0, 0.1) is 6.92 Å². The van der Waals surface area contributed by atoms with Crippen LogP contribution in [-0.2, 0) is 14.8 Å². The van der Waals surface area contributed by atoms with Crippen molar-refractivity contribution in [1.82, 2.24) is 4.72 Å². The number of hydrogen-bond donors (Lipinski definition) is 1. The third-order valence-corrected chi connectivity index (χ3v) is 6.49. The van der Waals surface area contributed by atoms with E-state index in [2.05, 4.69) is 20.7 Å². The highest BCUT2D eigenvalue weighted by molar-refractivity contribution is 9.11. The zero-order valence-corrected chi connectivity index (χ0v) is 14.6. The fourth-order valence-electron chi connectivity index (χ4n) is 1.39. The summed E-state index contributed by atoms with van der Waals surface area (Å²) in [6.45, 7) is 6.96. The van der Waals surface area contributed by atoms with E-state index in [-0.39, 0.29) is 6.10 Å². The third kappa shape index (κ3) is 5.91. The van der Waals surface area contributed by atoms with E-state index in [1.165, 1.54) is 11.3 Å². The number of nitrogens with one attached hydrogen (secondary N) is 1. The minimum atomic E-state index is -3.37. The minimum absolute atomic E-state index is 0.225. The minimum Gasteiger partial charge on any atom is -0.379 e. The number of unbranched alkanes of at least 4 members (excludes halogenated alkanes) is 1. The maximum atomic E-state index is 12.0. The summed E-state index contributed by atoms with van der Waals surface area (Å²) in [4.78, 5) is 0. The third-order valence-electron chi connectivity index (χ3n) is 2.41. The number of aryl methyl sites for hydroxylation is 1. The van der Waals surface area contributed by atoms with Gasteiger partial charge in [0.15, 0.2) is 0 Å². The molecular weight excluding hydrogens is 350 g/mol. The van der Waals surface area contributed by atoms with Crippen molar-refractivity contribution in [3.05, 3.63) is 15.4 Å². The standard InChI is InChI=1S/C12H20BrNO3S2/c1-9(2)17-7-5-4-6-14-19(15,16)11-8-10(3)12(13)18-11/h8-9,14H,4-7H2,1-3H3. The molecule has 1 N–H and O–H groups in total. The lowest BCUT2D eigenvalue weighted by molar-refractivity contribution is 0.0762. The summed E-state index contributed by atoms with van der Waals surface area (Å²) in [6, 6.07) is 1.68. The Balaban J connectivity index is 2.36. The van der Waals surface area contributed by atoms with E-state index in [1.807, 2.05) is 20.8 Å². The number of thiophene rings is 1. The fraction of sp³-hybridized carbons (Fsp3) is 0.667. The van der Waals surface area contributed by atoms with Gasteiger partial charge in [0.25, 0.3) is 0 Å². The molecule has 1 aromatic rings. The van der Waals surface area contributed by atoms with Crippen LogP contribution in [-0.4, -0.2) is 27.7 Å². The van der Waals surface area contributed by atoms with Gasteiger partial charge in [0.1, 0.15) is 4.21 Å². The van der Waals surface area contributed by atoms with Crippen LogP contribution in [0.4, 0.5) is 0 Å². The van der Waals surface area contributed by atoms with E-state index in [0.717, 1.165) is 22.2 Å². The predicted octanol–water partition coefficient (Wildman–Crippen LogP) is 3.30. The Morgan fingerprint density at radius 2 is 2.11 bits per heavy atom. The molecule has 0 aliphatic heterocycles. The summed E-state index contributed by atoms with van der Waals surface area (Å²) in [5.74, 6) is 0. The molecular formula is C12H20BrNO3S2. The molecule has 0 radical (unpaired) electrons. The Hall–Kier alpha value is 0.0500. The molecule has 0 saturated heterocycles. The molecule has 1 aromatic heterocycles. The molecule has 0 spiro atoms. The molecule has 1 heterocycles. The monoisotopic (exact) mass is 369 g/mol. The van der Waals surface area contributed by atoms with Gasteiger partial charge in [0.2, 0.25) is 10.0 Å². The van der Waals surface area contributed by atoms with Crippen LogP contribution in [0.15, 0.2) is 14.1 Å². The van der Waals surface area contributed by atoms with Crippen LogP contribution in [0.3, 0.4) is 0 Å². The molecule has 0 aliphatic carbocycles. The van der Waals surface area contributed by atoms with Gasteiger partial charge in [-0.1, -0.05) is 0 Å². The Kier molecular flexibility index (Phi) is 6.96. The van der Waals surface area contributed by atoms with Crippen molar-refractivity contribution in [1.29, 1.82) is 0 Å². The van der Waals surface area contributed by atoms with Gasteiger partial charge in [-0.25, -0.2) is 13.1 Å². The number of halogens is 1. The van der Waals surface area contributed by atoms with Crippen LogP contribution < -0.4 is 4.72 Å². The second kappa shape index (κ2) is 7.73. The molecule has 19 heavy (non-hydrogen) atoms.